The molecule has 3 atom stereocenters. The molecule has 0 unspecified atom stereocenters. The zero-order chi connectivity index (χ0) is 28.3. The van der Waals surface area contributed by atoms with Gasteiger partial charge in [-0.1, -0.05) is 50.8 Å². The number of hydrogen-bond acceptors (Lipinski definition) is 7. The topological polar surface area (TPSA) is 128 Å². The van der Waals surface area contributed by atoms with Crippen LogP contribution in [0.5, 0.6) is 0 Å². The second kappa shape index (κ2) is 9.92. The molecule has 0 spiro atoms. The summed E-state index contributed by atoms with van der Waals surface area (Å²) in [5.74, 6) is 0.905. The van der Waals surface area contributed by atoms with Crippen molar-refractivity contribution < 1.29 is 16.8 Å². The molecule has 10 nitrogen and oxygen atoms in total. The van der Waals surface area contributed by atoms with Gasteiger partial charge < -0.3 is 0 Å². The Hall–Kier alpha value is -2.83. The Labute approximate surface area is 235 Å². The normalized spacial score (nSPS) is 22.8. The molecule has 0 amide bonds. The maximum absolute atomic E-state index is 13.5. The summed E-state index contributed by atoms with van der Waals surface area (Å²) in [6, 6.07) is 8.29. The third-order valence-electron chi connectivity index (χ3n) is 8.88. The van der Waals surface area contributed by atoms with Crippen molar-refractivity contribution in [3.8, 4) is 0 Å². The van der Waals surface area contributed by atoms with Crippen molar-refractivity contribution in [2.24, 2.45) is 5.92 Å². The average molecular weight is 585 g/mol. The molecule has 40 heavy (non-hydrogen) atoms. The predicted octanol–water partition coefficient (Wildman–Crippen LogP) is 4.54. The van der Waals surface area contributed by atoms with Crippen LogP contribution in [0.2, 0.25) is 0 Å². The summed E-state index contributed by atoms with van der Waals surface area (Å²) < 4.78 is 59.3. The molecule has 3 heterocycles. The molecule has 2 saturated carbocycles. The Morgan fingerprint density at radius 3 is 2.45 bits per heavy atom. The molecule has 6 rings (SSSR count). The Kier molecular flexibility index (Phi) is 6.78. The van der Waals surface area contributed by atoms with Gasteiger partial charge in [0.2, 0.25) is 10.0 Å². The van der Waals surface area contributed by atoms with Crippen molar-refractivity contribution in [3.05, 3.63) is 54.1 Å². The number of nitrogens with zero attached hydrogens (tertiary/aromatic N) is 5. The largest absolute Gasteiger partial charge is 0.274 e. The third kappa shape index (κ3) is 4.44. The van der Waals surface area contributed by atoms with Crippen LogP contribution in [0.1, 0.15) is 82.5 Å². The fraction of sp³-hybridized carbons (Fsp3) is 0.536. The maximum Gasteiger partial charge on any atom is 0.269 e. The molecular formula is C28H36N6O4S2. The van der Waals surface area contributed by atoms with Crippen LogP contribution in [-0.4, -0.2) is 51.2 Å². The van der Waals surface area contributed by atoms with E-state index in [1.807, 2.05) is 11.3 Å². The SMILES string of the molecule is CCCCC1(S(=O)(=O)N[C@H]2C[C@@H](CC)[C@@H](c3nnc4cnc5c(ccn5S(=O)(=O)c5ccc(C)cc5)n34)C2)CC1. The molecule has 3 aromatic heterocycles. The highest BCUT2D eigenvalue weighted by Gasteiger charge is 2.54. The highest BCUT2D eigenvalue weighted by molar-refractivity contribution is 7.91. The van der Waals surface area contributed by atoms with E-state index < -0.39 is 24.8 Å². The van der Waals surface area contributed by atoms with Crippen LogP contribution in [0.25, 0.3) is 16.8 Å². The van der Waals surface area contributed by atoms with E-state index in [9.17, 15) is 16.8 Å². The van der Waals surface area contributed by atoms with Gasteiger partial charge in [0, 0.05) is 18.2 Å². The first kappa shape index (κ1) is 27.3. The molecule has 0 saturated heterocycles. The lowest BCUT2D eigenvalue weighted by molar-refractivity contribution is 0.448. The first-order valence-electron chi connectivity index (χ1n) is 14.2. The third-order valence-corrected chi connectivity index (χ3v) is 13.0. The van der Waals surface area contributed by atoms with E-state index in [1.165, 1.54) is 10.2 Å². The highest BCUT2D eigenvalue weighted by atomic mass is 32.2. The van der Waals surface area contributed by atoms with Gasteiger partial charge in [0.15, 0.2) is 11.3 Å². The molecule has 214 valence electrons. The number of rotatable bonds is 10. The van der Waals surface area contributed by atoms with Gasteiger partial charge in [0.05, 0.1) is 21.4 Å². The van der Waals surface area contributed by atoms with Gasteiger partial charge in [0.25, 0.3) is 10.0 Å². The van der Waals surface area contributed by atoms with E-state index in [-0.39, 0.29) is 22.8 Å². The summed E-state index contributed by atoms with van der Waals surface area (Å²) >= 11 is 0. The number of aromatic nitrogens is 5. The number of hydrogen-bond donors (Lipinski definition) is 1. The Balaban J connectivity index is 1.34. The van der Waals surface area contributed by atoms with Crippen LogP contribution in [-0.2, 0) is 20.0 Å². The molecule has 1 aromatic carbocycles. The number of fused-ring (bicyclic) bond motifs is 3. The number of benzene rings is 1. The second-order valence-corrected chi connectivity index (χ2v) is 15.4. The molecule has 4 aromatic rings. The minimum Gasteiger partial charge on any atom is -0.274 e. The Morgan fingerprint density at radius 2 is 1.77 bits per heavy atom. The first-order chi connectivity index (χ1) is 19.1. The van der Waals surface area contributed by atoms with Gasteiger partial charge in [-0.25, -0.2) is 30.5 Å². The summed E-state index contributed by atoms with van der Waals surface area (Å²) in [5.41, 5.74) is 2.40. The van der Waals surface area contributed by atoms with Crippen LogP contribution < -0.4 is 4.72 Å². The second-order valence-electron chi connectivity index (χ2n) is 11.5. The number of sulfonamides is 1. The zero-order valence-electron chi connectivity index (χ0n) is 23.1. The van der Waals surface area contributed by atoms with E-state index in [0.717, 1.165) is 44.1 Å². The van der Waals surface area contributed by atoms with Crippen LogP contribution >= 0.6 is 0 Å². The van der Waals surface area contributed by atoms with Crippen molar-refractivity contribution in [3.63, 3.8) is 0 Å². The first-order valence-corrected chi connectivity index (χ1v) is 17.1. The minimum absolute atomic E-state index is 0.0267. The fourth-order valence-electron chi connectivity index (χ4n) is 6.33. The van der Waals surface area contributed by atoms with Crippen molar-refractivity contribution in [2.75, 3.05) is 0 Å². The molecule has 2 aliphatic rings. The smallest absolute Gasteiger partial charge is 0.269 e. The number of nitrogens with one attached hydrogen (secondary N) is 1. The molecule has 0 aliphatic heterocycles. The van der Waals surface area contributed by atoms with Gasteiger partial charge in [-0.3, -0.25) is 4.40 Å². The van der Waals surface area contributed by atoms with E-state index in [2.05, 4.69) is 33.8 Å². The fourth-order valence-corrected chi connectivity index (χ4v) is 9.57. The van der Waals surface area contributed by atoms with Gasteiger partial charge in [0.1, 0.15) is 5.82 Å². The standard InChI is InChI=1S/C28H36N6O4S2/c1-4-6-12-28(13-14-28)40(37,38)32-21-16-20(5-2)23(17-21)26-31-30-25-18-29-27-24(34(25)26)11-15-33(27)39(35,36)22-9-7-19(3)8-10-22/h7-11,15,18,20-21,23,32H,4-6,12-14,16-17H2,1-3H3/t20-,21+,23+/m1/s1. The van der Waals surface area contributed by atoms with Crippen molar-refractivity contribution >= 4 is 36.9 Å². The van der Waals surface area contributed by atoms with Crippen LogP contribution in [0.3, 0.4) is 0 Å². The van der Waals surface area contributed by atoms with Crippen LogP contribution in [0.4, 0.5) is 0 Å². The van der Waals surface area contributed by atoms with E-state index in [1.54, 1.807) is 36.5 Å². The molecule has 0 bridgehead atoms. The summed E-state index contributed by atoms with van der Waals surface area (Å²) in [4.78, 5) is 4.63. The minimum atomic E-state index is -3.86. The van der Waals surface area contributed by atoms with Gasteiger partial charge in [-0.15, -0.1) is 10.2 Å². The Bertz CT molecular complexity index is 1770. The van der Waals surface area contributed by atoms with Crippen molar-refractivity contribution in [1.82, 2.24) is 28.3 Å². The van der Waals surface area contributed by atoms with Crippen molar-refractivity contribution in [2.45, 2.75) is 93.7 Å². The van der Waals surface area contributed by atoms with Crippen molar-refractivity contribution in [1.29, 1.82) is 0 Å². The Morgan fingerprint density at radius 1 is 1.02 bits per heavy atom. The summed E-state index contributed by atoms with van der Waals surface area (Å²) in [7, 11) is -7.28. The lowest BCUT2D eigenvalue weighted by atomic mass is 9.93. The quantitative estimate of drug-likeness (QED) is 0.290. The van der Waals surface area contributed by atoms with E-state index in [4.69, 9.17) is 0 Å². The van der Waals surface area contributed by atoms with E-state index >= 15 is 0 Å². The predicted molar refractivity (Wildman–Crippen MR) is 153 cm³/mol. The lowest BCUT2D eigenvalue weighted by Crippen LogP contribution is -2.41. The van der Waals surface area contributed by atoms with Gasteiger partial charge in [-0.2, -0.15) is 0 Å². The number of aryl methyl sites for hydroxylation is 1. The lowest BCUT2D eigenvalue weighted by Gasteiger charge is -2.20. The maximum atomic E-state index is 13.5. The average Bonchev–Trinajstić information content (AvgIpc) is 3.23. The van der Waals surface area contributed by atoms with Crippen LogP contribution in [0, 0.1) is 12.8 Å². The summed E-state index contributed by atoms with van der Waals surface area (Å²) in [6.45, 7) is 6.11. The summed E-state index contributed by atoms with van der Waals surface area (Å²) in [6.07, 6.45) is 9.37. The molecule has 2 fully saturated rings. The van der Waals surface area contributed by atoms with Crippen LogP contribution in [0.15, 0.2) is 47.6 Å². The highest BCUT2D eigenvalue weighted by Crippen LogP contribution is 2.48. The molecule has 1 N–H and O–H groups in total. The van der Waals surface area contributed by atoms with Gasteiger partial charge in [-0.05, 0) is 63.1 Å². The number of unbranched alkanes of at least 4 members (excludes halogenated alkanes) is 1. The molecular weight excluding hydrogens is 548 g/mol. The molecule has 12 heteroatoms. The molecule has 2 aliphatic carbocycles. The monoisotopic (exact) mass is 584 g/mol. The van der Waals surface area contributed by atoms with Gasteiger partial charge >= 0.3 is 0 Å². The van der Waals surface area contributed by atoms with E-state index in [0.29, 0.717) is 35.5 Å². The zero-order valence-corrected chi connectivity index (χ0v) is 24.7. The summed E-state index contributed by atoms with van der Waals surface area (Å²) in [5, 5.41) is 8.89. The molecule has 0 radical (unpaired) electrons.